The van der Waals surface area contributed by atoms with Gasteiger partial charge in [-0.2, -0.15) is 0 Å². The molecule has 1 atom stereocenters. The van der Waals surface area contributed by atoms with Crippen LogP contribution in [0, 0.1) is 5.92 Å². The number of nitrogens with zero attached hydrogens (tertiary/aromatic N) is 1. The van der Waals surface area contributed by atoms with Crippen LogP contribution in [0.4, 0.5) is 4.39 Å². The number of carbonyl (C=O) groups is 1. The second-order valence-corrected chi connectivity index (χ2v) is 5.96. The first-order valence-corrected chi connectivity index (χ1v) is 7.11. The van der Waals surface area contributed by atoms with Crippen LogP contribution in [0.25, 0.3) is 0 Å². The standard InChI is InChI=1S/C16H22FNO2/c1-16(2,17)15(20)18-10-8-13(9-11-18)14(19)12-6-4-3-5-7-12/h3-7,13-14,19H,8-11H2,1-2H3. The van der Waals surface area contributed by atoms with Crippen molar-refractivity contribution in [3.05, 3.63) is 35.9 Å². The Bertz CT molecular complexity index is 447. The molecule has 1 aliphatic heterocycles. The summed E-state index contributed by atoms with van der Waals surface area (Å²) in [5, 5.41) is 10.4. The van der Waals surface area contributed by atoms with Crippen LogP contribution in [-0.4, -0.2) is 34.7 Å². The lowest BCUT2D eigenvalue weighted by atomic mass is 9.87. The van der Waals surface area contributed by atoms with Crippen LogP contribution >= 0.6 is 0 Å². The van der Waals surface area contributed by atoms with Gasteiger partial charge in [-0.15, -0.1) is 0 Å². The zero-order chi connectivity index (χ0) is 14.8. The number of rotatable bonds is 3. The van der Waals surface area contributed by atoms with Crippen LogP contribution < -0.4 is 0 Å². The van der Waals surface area contributed by atoms with Gasteiger partial charge in [0.1, 0.15) is 0 Å². The number of amides is 1. The molecule has 0 spiro atoms. The molecule has 3 nitrogen and oxygen atoms in total. The van der Waals surface area contributed by atoms with Crippen molar-refractivity contribution in [2.75, 3.05) is 13.1 Å². The Morgan fingerprint density at radius 3 is 2.35 bits per heavy atom. The number of hydrogen-bond donors (Lipinski definition) is 1. The molecule has 1 aliphatic rings. The van der Waals surface area contributed by atoms with Gasteiger partial charge in [-0.3, -0.25) is 4.79 Å². The molecule has 1 heterocycles. The smallest absolute Gasteiger partial charge is 0.259 e. The maximum absolute atomic E-state index is 13.6. The minimum atomic E-state index is -1.81. The third-order valence-corrected chi connectivity index (χ3v) is 3.92. The fourth-order valence-corrected chi connectivity index (χ4v) is 2.72. The second-order valence-electron chi connectivity index (χ2n) is 5.96. The molecule has 0 aliphatic carbocycles. The molecule has 0 aromatic heterocycles. The maximum atomic E-state index is 13.6. The van der Waals surface area contributed by atoms with Crippen molar-refractivity contribution < 1.29 is 14.3 Å². The Labute approximate surface area is 119 Å². The predicted octanol–water partition coefficient (Wildman–Crippen LogP) is 2.71. The number of alkyl halides is 1. The third-order valence-electron chi connectivity index (χ3n) is 3.92. The second kappa shape index (κ2) is 5.92. The molecule has 1 fully saturated rings. The van der Waals surface area contributed by atoms with E-state index in [2.05, 4.69) is 0 Å². The number of carbonyl (C=O) groups excluding carboxylic acids is 1. The molecule has 0 radical (unpaired) electrons. The van der Waals surface area contributed by atoms with Crippen molar-refractivity contribution in [3.63, 3.8) is 0 Å². The van der Waals surface area contributed by atoms with E-state index in [0.717, 1.165) is 5.56 Å². The summed E-state index contributed by atoms with van der Waals surface area (Å²) in [5.41, 5.74) is -0.909. The van der Waals surface area contributed by atoms with Crippen LogP contribution in [0.3, 0.4) is 0 Å². The Balaban J connectivity index is 1.93. The van der Waals surface area contributed by atoms with E-state index in [1.165, 1.54) is 13.8 Å². The molecule has 1 aromatic rings. The molecule has 1 unspecified atom stereocenters. The van der Waals surface area contributed by atoms with Crippen molar-refractivity contribution >= 4 is 5.91 Å². The van der Waals surface area contributed by atoms with Crippen molar-refractivity contribution in [2.45, 2.75) is 38.5 Å². The number of aliphatic hydroxyl groups excluding tert-OH is 1. The van der Waals surface area contributed by atoms with Crippen molar-refractivity contribution in [3.8, 4) is 0 Å². The summed E-state index contributed by atoms with van der Waals surface area (Å²) >= 11 is 0. The van der Waals surface area contributed by atoms with Gasteiger partial charge in [-0.05, 0) is 38.2 Å². The highest BCUT2D eigenvalue weighted by Crippen LogP contribution is 2.31. The van der Waals surface area contributed by atoms with E-state index >= 15 is 0 Å². The first-order valence-electron chi connectivity index (χ1n) is 7.11. The van der Waals surface area contributed by atoms with Gasteiger partial charge in [0.15, 0.2) is 5.67 Å². The number of aliphatic hydroxyl groups is 1. The monoisotopic (exact) mass is 279 g/mol. The summed E-state index contributed by atoms with van der Waals surface area (Å²) in [5.74, 6) is -0.325. The summed E-state index contributed by atoms with van der Waals surface area (Å²) in [6, 6.07) is 9.55. The fourth-order valence-electron chi connectivity index (χ4n) is 2.72. The summed E-state index contributed by atoms with van der Waals surface area (Å²) in [6.45, 7) is 3.61. The number of piperidine rings is 1. The Morgan fingerprint density at radius 1 is 1.30 bits per heavy atom. The highest BCUT2D eigenvalue weighted by atomic mass is 19.1. The molecule has 4 heteroatoms. The van der Waals surface area contributed by atoms with E-state index in [-0.39, 0.29) is 5.92 Å². The van der Waals surface area contributed by atoms with Gasteiger partial charge in [-0.1, -0.05) is 30.3 Å². The number of likely N-dealkylation sites (tertiary alicyclic amines) is 1. The van der Waals surface area contributed by atoms with E-state index in [0.29, 0.717) is 25.9 Å². The van der Waals surface area contributed by atoms with Gasteiger partial charge in [0.25, 0.3) is 5.91 Å². The summed E-state index contributed by atoms with van der Waals surface area (Å²) in [4.78, 5) is 13.4. The Hall–Kier alpha value is -1.42. The van der Waals surface area contributed by atoms with Gasteiger partial charge in [-0.25, -0.2) is 4.39 Å². The molecule has 0 saturated carbocycles. The summed E-state index contributed by atoms with van der Waals surface area (Å²) in [6.07, 6.45) is 0.905. The van der Waals surface area contributed by atoms with Crippen LogP contribution in [0.1, 0.15) is 38.4 Å². The van der Waals surface area contributed by atoms with Crippen molar-refractivity contribution in [2.24, 2.45) is 5.92 Å². The van der Waals surface area contributed by atoms with Gasteiger partial charge < -0.3 is 10.0 Å². The first-order chi connectivity index (χ1) is 9.39. The molecule has 1 amide bonds. The number of halogens is 1. The molecular weight excluding hydrogens is 257 g/mol. The van der Waals surface area contributed by atoms with Crippen LogP contribution in [0.2, 0.25) is 0 Å². The lowest BCUT2D eigenvalue weighted by molar-refractivity contribution is -0.143. The van der Waals surface area contributed by atoms with E-state index in [1.807, 2.05) is 30.3 Å². The molecule has 1 saturated heterocycles. The quantitative estimate of drug-likeness (QED) is 0.924. The zero-order valence-corrected chi connectivity index (χ0v) is 12.1. The largest absolute Gasteiger partial charge is 0.388 e. The average molecular weight is 279 g/mol. The predicted molar refractivity (Wildman–Crippen MR) is 75.9 cm³/mol. The average Bonchev–Trinajstić information content (AvgIpc) is 2.46. The van der Waals surface area contributed by atoms with E-state index in [1.54, 1.807) is 4.90 Å². The lowest BCUT2D eigenvalue weighted by Crippen LogP contribution is -2.47. The lowest BCUT2D eigenvalue weighted by Gasteiger charge is -2.36. The minimum absolute atomic E-state index is 0.129. The number of hydrogen-bond acceptors (Lipinski definition) is 2. The van der Waals surface area contributed by atoms with Gasteiger partial charge >= 0.3 is 0 Å². The van der Waals surface area contributed by atoms with Crippen LogP contribution in [-0.2, 0) is 4.79 Å². The highest BCUT2D eigenvalue weighted by Gasteiger charge is 2.35. The van der Waals surface area contributed by atoms with Crippen molar-refractivity contribution in [1.82, 2.24) is 4.90 Å². The van der Waals surface area contributed by atoms with E-state index in [4.69, 9.17) is 0 Å². The molecular formula is C16H22FNO2. The Morgan fingerprint density at radius 2 is 1.85 bits per heavy atom. The summed E-state index contributed by atoms with van der Waals surface area (Å²) in [7, 11) is 0. The van der Waals surface area contributed by atoms with E-state index in [9.17, 15) is 14.3 Å². The fraction of sp³-hybridized carbons (Fsp3) is 0.562. The van der Waals surface area contributed by atoms with E-state index < -0.39 is 17.7 Å². The van der Waals surface area contributed by atoms with Gasteiger partial charge in [0.2, 0.25) is 0 Å². The third kappa shape index (κ3) is 3.37. The first kappa shape index (κ1) is 15.0. The molecule has 1 aromatic carbocycles. The minimum Gasteiger partial charge on any atom is -0.388 e. The van der Waals surface area contributed by atoms with Gasteiger partial charge in [0, 0.05) is 13.1 Å². The Kier molecular flexibility index (Phi) is 4.43. The topological polar surface area (TPSA) is 40.5 Å². The zero-order valence-electron chi connectivity index (χ0n) is 12.1. The highest BCUT2D eigenvalue weighted by molar-refractivity contribution is 5.84. The molecule has 20 heavy (non-hydrogen) atoms. The molecule has 110 valence electrons. The number of benzene rings is 1. The van der Waals surface area contributed by atoms with Gasteiger partial charge in [0.05, 0.1) is 6.10 Å². The maximum Gasteiger partial charge on any atom is 0.259 e. The summed E-state index contributed by atoms with van der Waals surface area (Å²) < 4.78 is 13.6. The molecule has 1 N–H and O–H groups in total. The molecule has 2 rings (SSSR count). The SMILES string of the molecule is CC(C)(F)C(=O)N1CCC(C(O)c2ccccc2)CC1. The molecule has 0 bridgehead atoms. The van der Waals surface area contributed by atoms with Crippen molar-refractivity contribution in [1.29, 1.82) is 0 Å². The van der Waals surface area contributed by atoms with Crippen LogP contribution in [0.15, 0.2) is 30.3 Å². The normalized spacial score (nSPS) is 18.9. The van der Waals surface area contributed by atoms with Crippen LogP contribution in [0.5, 0.6) is 0 Å².